The van der Waals surface area contributed by atoms with E-state index in [9.17, 15) is 0 Å². The highest BCUT2D eigenvalue weighted by Crippen LogP contribution is 2.23. The summed E-state index contributed by atoms with van der Waals surface area (Å²) >= 11 is 3.57. The Balaban J connectivity index is 2.89. The van der Waals surface area contributed by atoms with Gasteiger partial charge in [0.05, 0.1) is 0 Å². The van der Waals surface area contributed by atoms with E-state index in [2.05, 4.69) is 65.1 Å². The zero-order chi connectivity index (χ0) is 12.0. The molecule has 1 N–H and O–H groups in total. The summed E-state index contributed by atoms with van der Waals surface area (Å²) in [6.07, 6.45) is 0.861. The SMILES string of the molecule is CC#CCC(NCC)c1ccc(C)c(Br)c1. The van der Waals surface area contributed by atoms with E-state index in [1.807, 2.05) is 6.92 Å². The normalized spacial score (nSPS) is 11.8. The van der Waals surface area contributed by atoms with Crippen molar-refractivity contribution in [2.75, 3.05) is 6.54 Å². The molecule has 86 valence electrons. The molecule has 2 heteroatoms. The van der Waals surface area contributed by atoms with E-state index in [1.165, 1.54) is 11.1 Å². The Kier molecular flexibility index (Phi) is 5.59. The molecule has 0 amide bonds. The average molecular weight is 280 g/mol. The van der Waals surface area contributed by atoms with Crippen LogP contribution < -0.4 is 5.32 Å². The van der Waals surface area contributed by atoms with Gasteiger partial charge in [0, 0.05) is 16.9 Å². The Morgan fingerprint density at radius 1 is 1.44 bits per heavy atom. The van der Waals surface area contributed by atoms with Crippen molar-refractivity contribution in [3.63, 3.8) is 0 Å². The maximum absolute atomic E-state index is 3.57. The fourth-order valence-corrected chi connectivity index (χ4v) is 1.98. The van der Waals surface area contributed by atoms with Crippen LogP contribution >= 0.6 is 15.9 Å². The highest BCUT2D eigenvalue weighted by Gasteiger charge is 2.09. The van der Waals surface area contributed by atoms with Crippen LogP contribution in [0.25, 0.3) is 0 Å². The molecule has 0 aliphatic carbocycles. The number of aryl methyl sites for hydroxylation is 1. The number of hydrogen-bond acceptors (Lipinski definition) is 1. The van der Waals surface area contributed by atoms with Gasteiger partial charge in [-0.1, -0.05) is 35.0 Å². The Morgan fingerprint density at radius 2 is 2.19 bits per heavy atom. The van der Waals surface area contributed by atoms with E-state index >= 15 is 0 Å². The zero-order valence-corrected chi connectivity index (χ0v) is 11.7. The molecule has 16 heavy (non-hydrogen) atoms. The van der Waals surface area contributed by atoms with Crippen LogP contribution in [-0.2, 0) is 0 Å². The molecule has 0 saturated carbocycles. The lowest BCUT2D eigenvalue weighted by Crippen LogP contribution is -2.20. The predicted molar refractivity (Wildman–Crippen MR) is 73.4 cm³/mol. The molecule has 0 aliphatic rings. The second-order valence-electron chi connectivity index (χ2n) is 3.75. The summed E-state index contributed by atoms with van der Waals surface area (Å²) in [5.74, 6) is 6.09. The molecule has 1 aromatic rings. The monoisotopic (exact) mass is 279 g/mol. The van der Waals surface area contributed by atoms with E-state index in [0.717, 1.165) is 17.4 Å². The first-order valence-electron chi connectivity index (χ1n) is 5.58. The van der Waals surface area contributed by atoms with Gasteiger partial charge in [0.1, 0.15) is 0 Å². The van der Waals surface area contributed by atoms with Gasteiger partial charge in [-0.3, -0.25) is 0 Å². The van der Waals surface area contributed by atoms with Crippen LogP contribution in [0.15, 0.2) is 22.7 Å². The van der Waals surface area contributed by atoms with Gasteiger partial charge in [-0.05, 0) is 37.6 Å². The Hall–Kier alpha value is -0.780. The second kappa shape index (κ2) is 6.73. The third-order valence-electron chi connectivity index (χ3n) is 2.53. The molecule has 0 spiro atoms. The molecule has 0 aliphatic heterocycles. The maximum atomic E-state index is 3.57. The quantitative estimate of drug-likeness (QED) is 0.827. The molecule has 1 nitrogen and oxygen atoms in total. The predicted octanol–water partition coefficient (Wildman–Crippen LogP) is 3.82. The van der Waals surface area contributed by atoms with Gasteiger partial charge < -0.3 is 5.32 Å². The van der Waals surface area contributed by atoms with E-state index in [1.54, 1.807) is 0 Å². The van der Waals surface area contributed by atoms with Crippen LogP contribution in [0, 0.1) is 18.8 Å². The van der Waals surface area contributed by atoms with Gasteiger partial charge in [-0.2, -0.15) is 0 Å². The zero-order valence-electron chi connectivity index (χ0n) is 10.1. The Labute approximate surface area is 107 Å². The summed E-state index contributed by atoms with van der Waals surface area (Å²) in [6.45, 7) is 7.06. The highest BCUT2D eigenvalue weighted by atomic mass is 79.9. The molecule has 0 bridgehead atoms. The first kappa shape index (κ1) is 13.3. The van der Waals surface area contributed by atoms with E-state index in [4.69, 9.17) is 0 Å². The fourth-order valence-electron chi connectivity index (χ4n) is 1.58. The third kappa shape index (κ3) is 3.66. The molecule has 0 aromatic heterocycles. The van der Waals surface area contributed by atoms with Crippen LogP contribution in [0.1, 0.15) is 37.4 Å². The van der Waals surface area contributed by atoms with E-state index in [-0.39, 0.29) is 0 Å². The minimum absolute atomic E-state index is 0.328. The van der Waals surface area contributed by atoms with Gasteiger partial charge in [0.15, 0.2) is 0 Å². The highest BCUT2D eigenvalue weighted by molar-refractivity contribution is 9.10. The van der Waals surface area contributed by atoms with Gasteiger partial charge in [0.2, 0.25) is 0 Å². The second-order valence-corrected chi connectivity index (χ2v) is 4.60. The molecule has 1 atom stereocenters. The summed E-state index contributed by atoms with van der Waals surface area (Å²) in [7, 11) is 0. The van der Waals surface area contributed by atoms with Crippen molar-refractivity contribution >= 4 is 15.9 Å². The summed E-state index contributed by atoms with van der Waals surface area (Å²) in [5.41, 5.74) is 2.56. The van der Waals surface area contributed by atoms with Crippen molar-refractivity contribution < 1.29 is 0 Å². The first-order valence-corrected chi connectivity index (χ1v) is 6.37. The first-order chi connectivity index (χ1) is 7.69. The lowest BCUT2D eigenvalue weighted by atomic mass is 10.0. The van der Waals surface area contributed by atoms with Crippen molar-refractivity contribution in [1.82, 2.24) is 5.32 Å². The molecular formula is C14H18BrN. The number of hydrogen-bond donors (Lipinski definition) is 1. The standard InChI is InChI=1S/C14H18BrN/c1-4-6-7-14(16-5-2)12-9-8-11(3)13(15)10-12/h8-10,14,16H,5,7H2,1-3H3. The number of rotatable bonds is 4. The van der Waals surface area contributed by atoms with Crippen molar-refractivity contribution in [2.45, 2.75) is 33.2 Å². The average Bonchev–Trinajstić information content (AvgIpc) is 2.28. The summed E-state index contributed by atoms with van der Waals surface area (Å²) in [6, 6.07) is 6.82. The lowest BCUT2D eigenvalue weighted by Gasteiger charge is -2.16. The van der Waals surface area contributed by atoms with Crippen LogP contribution in [0.3, 0.4) is 0 Å². The molecule has 0 saturated heterocycles. The van der Waals surface area contributed by atoms with Crippen molar-refractivity contribution in [3.05, 3.63) is 33.8 Å². The van der Waals surface area contributed by atoms with Gasteiger partial charge in [0.25, 0.3) is 0 Å². The Morgan fingerprint density at radius 3 is 2.75 bits per heavy atom. The maximum Gasteiger partial charge on any atom is 0.0431 e. The topological polar surface area (TPSA) is 12.0 Å². The molecule has 0 heterocycles. The molecule has 1 aromatic carbocycles. The smallest absolute Gasteiger partial charge is 0.0431 e. The minimum Gasteiger partial charge on any atom is -0.309 e. The van der Waals surface area contributed by atoms with E-state index in [0.29, 0.717) is 6.04 Å². The van der Waals surface area contributed by atoms with Crippen LogP contribution in [0.4, 0.5) is 0 Å². The van der Waals surface area contributed by atoms with E-state index < -0.39 is 0 Å². The number of benzene rings is 1. The molecule has 0 radical (unpaired) electrons. The van der Waals surface area contributed by atoms with Crippen molar-refractivity contribution in [2.24, 2.45) is 0 Å². The molecule has 1 rings (SSSR count). The fraction of sp³-hybridized carbons (Fsp3) is 0.429. The molecular weight excluding hydrogens is 262 g/mol. The van der Waals surface area contributed by atoms with Gasteiger partial charge >= 0.3 is 0 Å². The number of nitrogens with one attached hydrogen (secondary N) is 1. The van der Waals surface area contributed by atoms with Gasteiger partial charge in [-0.15, -0.1) is 11.8 Å². The van der Waals surface area contributed by atoms with Crippen LogP contribution in [-0.4, -0.2) is 6.54 Å². The third-order valence-corrected chi connectivity index (χ3v) is 3.39. The summed E-state index contributed by atoms with van der Waals surface area (Å²) in [4.78, 5) is 0. The van der Waals surface area contributed by atoms with Crippen molar-refractivity contribution in [1.29, 1.82) is 0 Å². The minimum atomic E-state index is 0.328. The van der Waals surface area contributed by atoms with Crippen LogP contribution in [0.2, 0.25) is 0 Å². The molecule has 0 fully saturated rings. The Bertz CT molecular complexity index is 401. The summed E-state index contributed by atoms with van der Waals surface area (Å²) < 4.78 is 1.16. The molecule has 1 unspecified atom stereocenters. The van der Waals surface area contributed by atoms with Crippen LogP contribution in [0.5, 0.6) is 0 Å². The lowest BCUT2D eigenvalue weighted by molar-refractivity contribution is 0.565. The summed E-state index contributed by atoms with van der Waals surface area (Å²) in [5, 5.41) is 3.46. The van der Waals surface area contributed by atoms with Gasteiger partial charge in [-0.25, -0.2) is 0 Å². The largest absolute Gasteiger partial charge is 0.309 e. The number of halogens is 1. The van der Waals surface area contributed by atoms with Crippen molar-refractivity contribution in [3.8, 4) is 11.8 Å².